The van der Waals surface area contributed by atoms with E-state index in [0.29, 0.717) is 86.1 Å². The van der Waals surface area contributed by atoms with E-state index < -0.39 is 17.9 Å². The second-order valence-electron chi connectivity index (χ2n) is 16.9. The van der Waals surface area contributed by atoms with Crippen molar-refractivity contribution in [1.82, 2.24) is 0 Å². The second-order valence-corrected chi connectivity index (χ2v) is 16.9. The molecule has 0 atom stereocenters. The number of ether oxygens (including phenoxy) is 7. The highest BCUT2D eigenvalue weighted by atomic mass is 16.5. The number of rotatable bonds is 26. The molecule has 13 heteroatoms. The van der Waals surface area contributed by atoms with Gasteiger partial charge in [-0.05, 0) is 150 Å². The minimum Gasteiger partial charge on any atom is -0.508 e. The fourth-order valence-electron chi connectivity index (χ4n) is 6.69. The summed E-state index contributed by atoms with van der Waals surface area (Å²) in [6.07, 6.45) is 2.30. The van der Waals surface area contributed by atoms with Crippen LogP contribution in [0.3, 0.4) is 0 Å². The number of hydrogen-bond donors (Lipinski definition) is 3. The van der Waals surface area contributed by atoms with Gasteiger partial charge in [0.1, 0.15) is 34.5 Å². The van der Waals surface area contributed by atoms with Crippen molar-refractivity contribution < 1.29 is 62.9 Å². The SMILES string of the molecule is C=C(C)C(=O)OCCCOc1ccc(-c2cc(OC(=O)C(=C)C)cc(-c3ccc(OCCCOC(=O)C(=C)C)cc3)c2)cc1.OCCCOc1ccc(-c2cc(O)cc(-c3ccc(OCCCO)cc3)c2)cc1. The number of esters is 3. The fraction of sp³-hybridized carbons (Fsp3) is 0.250. The number of phenolic OH excluding ortho intramolecular Hbond substituents is 1. The van der Waals surface area contributed by atoms with Crippen LogP contribution in [0.1, 0.15) is 46.5 Å². The van der Waals surface area contributed by atoms with E-state index in [1.165, 1.54) is 0 Å². The van der Waals surface area contributed by atoms with Crippen LogP contribution < -0.4 is 23.7 Å². The topological polar surface area (TPSA) is 177 Å². The molecule has 6 aromatic carbocycles. The summed E-state index contributed by atoms with van der Waals surface area (Å²) < 4.78 is 38.4. The maximum absolute atomic E-state index is 12.3. The van der Waals surface area contributed by atoms with Gasteiger partial charge in [0.2, 0.25) is 0 Å². The highest BCUT2D eigenvalue weighted by molar-refractivity contribution is 5.90. The number of phenols is 1. The Hall–Kier alpha value is -8.13. The van der Waals surface area contributed by atoms with Gasteiger partial charge < -0.3 is 48.5 Å². The number of aliphatic hydroxyl groups is 2. The molecule has 0 unspecified atom stereocenters. The lowest BCUT2D eigenvalue weighted by Gasteiger charge is -2.13. The summed E-state index contributed by atoms with van der Waals surface area (Å²) in [5.74, 6) is 2.10. The average Bonchev–Trinajstić information content (AvgIpc) is 3.39. The smallest absolute Gasteiger partial charge is 0.338 e. The van der Waals surface area contributed by atoms with Gasteiger partial charge in [-0.15, -0.1) is 0 Å². The van der Waals surface area contributed by atoms with Gasteiger partial charge >= 0.3 is 17.9 Å². The van der Waals surface area contributed by atoms with Gasteiger partial charge in [-0.2, -0.15) is 0 Å². The number of aromatic hydroxyl groups is 1. The molecule has 0 bridgehead atoms. The Balaban J connectivity index is 0.000000294. The minimum absolute atomic E-state index is 0.111. The van der Waals surface area contributed by atoms with Gasteiger partial charge in [0, 0.05) is 55.6 Å². The average molecular weight is 993 g/mol. The molecule has 0 aliphatic carbocycles. The van der Waals surface area contributed by atoms with Crippen molar-refractivity contribution in [3.63, 3.8) is 0 Å². The Morgan fingerprint density at radius 2 is 0.658 bits per heavy atom. The molecule has 3 N–H and O–H groups in total. The van der Waals surface area contributed by atoms with E-state index >= 15 is 0 Å². The zero-order chi connectivity index (χ0) is 52.5. The zero-order valence-electron chi connectivity index (χ0n) is 41.7. The van der Waals surface area contributed by atoms with Crippen molar-refractivity contribution in [3.05, 3.63) is 170 Å². The summed E-state index contributed by atoms with van der Waals surface area (Å²) in [4.78, 5) is 35.3. The van der Waals surface area contributed by atoms with Crippen molar-refractivity contribution >= 4 is 17.9 Å². The first-order valence-corrected chi connectivity index (χ1v) is 23.9. The molecular weight excluding hydrogens is 929 g/mol. The van der Waals surface area contributed by atoms with Gasteiger partial charge in [-0.25, -0.2) is 14.4 Å². The predicted molar refractivity (Wildman–Crippen MR) is 283 cm³/mol. The zero-order valence-corrected chi connectivity index (χ0v) is 41.7. The Bertz CT molecular complexity index is 2590. The van der Waals surface area contributed by atoms with E-state index in [9.17, 15) is 19.5 Å². The van der Waals surface area contributed by atoms with Gasteiger partial charge in [0.05, 0.1) is 39.6 Å². The molecule has 0 saturated heterocycles. The molecule has 6 aromatic rings. The number of hydrogen-bond acceptors (Lipinski definition) is 13. The van der Waals surface area contributed by atoms with Crippen LogP contribution in [0.2, 0.25) is 0 Å². The van der Waals surface area contributed by atoms with Crippen LogP contribution in [0, 0.1) is 0 Å². The largest absolute Gasteiger partial charge is 0.508 e. The van der Waals surface area contributed by atoms with E-state index in [0.717, 1.165) is 56.0 Å². The Morgan fingerprint density at radius 1 is 0.370 bits per heavy atom. The lowest BCUT2D eigenvalue weighted by Crippen LogP contribution is -2.09. The first-order valence-electron chi connectivity index (χ1n) is 23.9. The van der Waals surface area contributed by atoms with Gasteiger partial charge in [0.15, 0.2) is 0 Å². The Labute approximate surface area is 427 Å². The van der Waals surface area contributed by atoms with Crippen LogP contribution in [0.15, 0.2) is 170 Å². The molecule has 0 radical (unpaired) electrons. The summed E-state index contributed by atoms with van der Waals surface area (Å²) in [5.41, 5.74) is 8.26. The molecule has 0 heterocycles. The van der Waals surface area contributed by atoms with Gasteiger partial charge in [-0.1, -0.05) is 68.3 Å². The first-order chi connectivity index (χ1) is 35.2. The standard InChI is InChI=1S/C36H38O8.C24H26O5/c1-24(2)34(37)42-19-7-17-40-31-13-9-27(10-14-31)29-21-30(23-33(22-29)44-36(39)26(5)6)28-11-15-32(16-12-28)41-18-8-20-43-35(38)25(3)4;25-11-1-13-28-23-7-3-18(4-8-23)20-15-21(17-22(27)16-20)19-5-9-24(10-6-19)29-14-2-12-26/h9-16,21-23H,1,3,5,7-8,17-20H2,2,4,6H3;3-10,15-17,25-27H,1-2,11-14H2. The number of benzene rings is 6. The van der Waals surface area contributed by atoms with E-state index in [2.05, 4.69) is 19.7 Å². The Kier molecular flexibility index (Phi) is 22.4. The van der Waals surface area contributed by atoms with Gasteiger partial charge in [0.25, 0.3) is 0 Å². The highest BCUT2D eigenvalue weighted by Gasteiger charge is 2.13. The minimum atomic E-state index is -0.511. The molecular formula is C60H64O13. The van der Waals surface area contributed by atoms with Crippen molar-refractivity contribution in [3.8, 4) is 79.0 Å². The summed E-state index contributed by atoms with van der Waals surface area (Å²) in [6.45, 7) is 18.1. The third-order valence-electron chi connectivity index (χ3n) is 10.6. The van der Waals surface area contributed by atoms with Crippen LogP contribution in [0.5, 0.6) is 34.5 Å². The van der Waals surface area contributed by atoms with Crippen LogP contribution in [0.25, 0.3) is 44.5 Å². The van der Waals surface area contributed by atoms with Gasteiger partial charge in [-0.3, -0.25) is 0 Å². The normalized spacial score (nSPS) is 10.5. The molecule has 0 amide bonds. The summed E-state index contributed by atoms with van der Waals surface area (Å²) in [5, 5.41) is 27.9. The third-order valence-corrected chi connectivity index (χ3v) is 10.6. The maximum Gasteiger partial charge on any atom is 0.338 e. The lowest BCUT2D eigenvalue weighted by atomic mass is 9.98. The predicted octanol–water partition coefficient (Wildman–Crippen LogP) is 11.5. The molecule has 0 aliphatic heterocycles. The maximum atomic E-state index is 12.3. The van der Waals surface area contributed by atoms with Crippen LogP contribution >= 0.6 is 0 Å². The van der Waals surface area contributed by atoms with E-state index in [1.807, 2.05) is 109 Å². The van der Waals surface area contributed by atoms with Crippen LogP contribution in [-0.4, -0.2) is 86.1 Å². The molecule has 73 heavy (non-hydrogen) atoms. The quantitative estimate of drug-likeness (QED) is 0.0203. The van der Waals surface area contributed by atoms with E-state index in [1.54, 1.807) is 45.0 Å². The van der Waals surface area contributed by atoms with Crippen LogP contribution in [-0.2, 0) is 23.9 Å². The van der Waals surface area contributed by atoms with Crippen LogP contribution in [0.4, 0.5) is 0 Å². The monoisotopic (exact) mass is 992 g/mol. The summed E-state index contributed by atoms with van der Waals surface area (Å²) in [7, 11) is 0. The summed E-state index contributed by atoms with van der Waals surface area (Å²) >= 11 is 0. The molecule has 0 fully saturated rings. The molecule has 13 nitrogen and oxygen atoms in total. The molecule has 382 valence electrons. The second kappa shape index (κ2) is 29.3. The molecule has 0 saturated carbocycles. The van der Waals surface area contributed by atoms with E-state index in [4.69, 9.17) is 43.4 Å². The molecule has 0 aromatic heterocycles. The molecule has 6 rings (SSSR count). The number of carbonyl (C=O) groups is 3. The summed E-state index contributed by atoms with van der Waals surface area (Å²) in [6, 6.07) is 41.5. The number of aliphatic hydroxyl groups excluding tert-OH is 2. The number of carbonyl (C=O) groups excluding carboxylic acids is 3. The molecule has 0 spiro atoms. The Morgan fingerprint density at radius 3 is 0.945 bits per heavy atom. The van der Waals surface area contributed by atoms with Crippen molar-refractivity contribution in [2.24, 2.45) is 0 Å². The lowest BCUT2D eigenvalue weighted by molar-refractivity contribution is -0.140. The highest BCUT2D eigenvalue weighted by Crippen LogP contribution is 2.35. The fourth-order valence-corrected chi connectivity index (χ4v) is 6.69. The van der Waals surface area contributed by atoms with Crippen molar-refractivity contribution in [2.45, 2.75) is 46.5 Å². The molecule has 0 aliphatic rings. The van der Waals surface area contributed by atoms with Crippen molar-refractivity contribution in [1.29, 1.82) is 0 Å². The van der Waals surface area contributed by atoms with Crippen molar-refractivity contribution in [2.75, 3.05) is 52.9 Å². The third kappa shape index (κ3) is 18.9. The van der Waals surface area contributed by atoms with E-state index in [-0.39, 0.29) is 32.2 Å². The first kappa shape index (κ1) is 55.8.